The molecule has 0 aliphatic carbocycles. The standard InChI is InChI=1S/C78H68N2/c1-5-7-23-63-53-75(61-39-47-67(48-40-61)79(69-29-19-21-55(3)51-69)65-43-35-59(36-44-65)57-25-11-9-12-26-57)71-31-15-17-33-73(71)77(63)78-64(24-8-6-2)54-76(72-32-16-18-34-74(72)78)62-41-49-68(50-42-62)80(70-30-20-22-56(4)52-70)66-45-37-60(38-46-66)58-27-13-10-14-28-58/h9-22,25-54H,5-8,23-24H2,1-4H3. The summed E-state index contributed by atoms with van der Waals surface area (Å²) in [6.45, 7) is 8.98. The molecule has 2 heteroatoms. The van der Waals surface area contributed by atoms with Crippen molar-refractivity contribution in [2.24, 2.45) is 0 Å². The predicted octanol–water partition coefficient (Wildman–Crippen LogP) is 22.6. The molecule has 0 bridgehead atoms. The van der Waals surface area contributed by atoms with Crippen LogP contribution in [-0.4, -0.2) is 0 Å². The van der Waals surface area contributed by atoms with Gasteiger partial charge < -0.3 is 9.80 Å². The highest BCUT2D eigenvalue weighted by Gasteiger charge is 2.23. The number of hydrogen-bond donors (Lipinski definition) is 0. The number of aryl methyl sites for hydroxylation is 4. The number of nitrogens with zero attached hydrogens (tertiary/aromatic N) is 2. The Bertz CT molecular complexity index is 3800. The minimum absolute atomic E-state index is 0.999. The van der Waals surface area contributed by atoms with Gasteiger partial charge in [0.1, 0.15) is 0 Å². The molecule has 0 aliphatic heterocycles. The van der Waals surface area contributed by atoms with Gasteiger partial charge in [0.2, 0.25) is 0 Å². The molecule has 2 nitrogen and oxygen atoms in total. The van der Waals surface area contributed by atoms with E-state index in [4.69, 9.17) is 0 Å². The average Bonchev–Trinajstić information content (AvgIpc) is 3.63. The summed E-state index contributed by atoms with van der Waals surface area (Å²) in [6, 6.07) is 98.9. The molecule has 0 heterocycles. The summed E-state index contributed by atoms with van der Waals surface area (Å²) < 4.78 is 0. The molecule has 0 saturated heterocycles. The second-order valence-electron chi connectivity index (χ2n) is 21.5. The van der Waals surface area contributed by atoms with Crippen LogP contribution in [0.15, 0.2) is 267 Å². The van der Waals surface area contributed by atoms with Crippen molar-refractivity contribution in [2.75, 3.05) is 9.80 Å². The Labute approximate surface area is 473 Å². The summed E-state index contributed by atoms with van der Waals surface area (Å²) in [4.78, 5) is 4.76. The van der Waals surface area contributed by atoms with E-state index < -0.39 is 0 Å². The van der Waals surface area contributed by atoms with Crippen molar-refractivity contribution < 1.29 is 0 Å². The molecule has 0 saturated carbocycles. The topological polar surface area (TPSA) is 6.48 Å². The van der Waals surface area contributed by atoms with Gasteiger partial charge in [-0.15, -0.1) is 0 Å². The van der Waals surface area contributed by atoms with Gasteiger partial charge in [0.25, 0.3) is 0 Å². The second-order valence-corrected chi connectivity index (χ2v) is 21.5. The van der Waals surface area contributed by atoms with Gasteiger partial charge in [-0.2, -0.15) is 0 Å². The van der Waals surface area contributed by atoms with E-state index in [9.17, 15) is 0 Å². The van der Waals surface area contributed by atoms with Gasteiger partial charge in [-0.25, -0.2) is 0 Å². The number of fused-ring (bicyclic) bond motifs is 2. The molecule has 0 spiro atoms. The number of benzene rings is 12. The van der Waals surface area contributed by atoms with Crippen LogP contribution in [0, 0.1) is 13.8 Å². The maximum atomic E-state index is 2.54. The maximum absolute atomic E-state index is 2.54. The van der Waals surface area contributed by atoms with Crippen LogP contribution < -0.4 is 9.80 Å². The van der Waals surface area contributed by atoms with Crippen LogP contribution >= 0.6 is 0 Å². The van der Waals surface area contributed by atoms with Crippen molar-refractivity contribution >= 4 is 55.7 Å². The molecule has 390 valence electrons. The Balaban J connectivity index is 0.951. The molecule has 0 unspecified atom stereocenters. The SMILES string of the molecule is CCCCc1cc(-c2ccc(N(c3ccc(-c4ccccc4)cc3)c3cccc(C)c3)cc2)c2ccccc2c1-c1c(CCCC)cc(-c2ccc(N(c3ccc(-c4ccccc4)cc3)c3cccc(C)c3)cc2)c2ccccc12. The summed E-state index contributed by atoms with van der Waals surface area (Å²) in [7, 11) is 0. The van der Waals surface area contributed by atoms with E-state index in [2.05, 4.69) is 304 Å². The van der Waals surface area contributed by atoms with Crippen LogP contribution in [0.2, 0.25) is 0 Å². The van der Waals surface area contributed by atoms with E-state index in [1.807, 2.05) is 0 Å². The monoisotopic (exact) mass is 1030 g/mol. The van der Waals surface area contributed by atoms with E-state index in [1.165, 1.54) is 99.4 Å². The van der Waals surface area contributed by atoms with Crippen LogP contribution in [0.1, 0.15) is 61.8 Å². The predicted molar refractivity (Wildman–Crippen MR) is 345 cm³/mol. The second kappa shape index (κ2) is 23.4. The lowest BCUT2D eigenvalue weighted by Crippen LogP contribution is -2.10. The zero-order valence-electron chi connectivity index (χ0n) is 46.5. The van der Waals surface area contributed by atoms with Gasteiger partial charge >= 0.3 is 0 Å². The van der Waals surface area contributed by atoms with Gasteiger partial charge in [-0.1, -0.05) is 209 Å². The lowest BCUT2D eigenvalue weighted by atomic mass is 9.80. The Morgan fingerprint density at radius 1 is 0.263 bits per heavy atom. The van der Waals surface area contributed by atoms with Crippen molar-refractivity contribution in [1.82, 2.24) is 0 Å². The molecule has 0 aromatic heterocycles. The fraction of sp³-hybridized carbons (Fsp3) is 0.128. The normalized spacial score (nSPS) is 11.3. The third-order valence-corrected chi connectivity index (χ3v) is 16.0. The van der Waals surface area contributed by atoms with Crippen LogP contribution in [0.3, 0.4) is 0 Å². The Morgan fingerprint density at radius 3 is 0.912 bits per heavy atom. The average molecular weight is 1030 g/mol. The molecule has 12 aromatic carbocycles. The molecular formula is C78H68N2. The lowest BCUT2D eigenvalue weighted by molar-refractivity contribution is 0.792. The van der Waals surface area contributed by atoms with E-state index in [1.54, 1.807) is 0 Å². The minimum atomic E-state index is 0.999. The summed E-state index contributed by atoms with van der Waals surface area (Å²) in [5.74, 6) is 0. The summed E-state index contributed by atoms with van der Waals surface area (Å²) in [6.07, 6.45) is 6.47. The molecule has 0 atom stereocenters. The van der Waals surface area contributed by atoms with E-state index in [0.29, 0.717) is 0 Å². The smallest absolute Gasteiger partial charge is 0.0464 e. The maximum Gasteiger partial charge on any atom is 0.0464 e. The van der Waals surface area contributed by atoms with Crippen molar-refractivity contribution in [3.05, 3.63) is 289 Å². The van der Waals surface area contributed by atoms with Crippen molar-refractivity contribution in [3.8, 4) is 55.6 Å². The number of anilines is 6. The van der Waals surface area contributed by atoms with Gasteiger partial charge in [0, 0.05) is 34.1 Å². The first kappa shape index (κ1) is 51.5. The summed E-state index contributed by atoms with van der Waals surface area (Å²) >= 11 is 0. The highest BCUT2D eigenvalue weighted by atomic mass is 15.1. The number of rotatable bonds is 17. The first-order valence-electron chi connectivity index (χ1n) is 28.8. The number of hydrogen-bond acceptors (Lipinski definition) is 2. The summed E-state index contributed by atoms with van der Waals surface area (Å²) in [5, 5.41) is 5.18. The summed E-state index contributed by atoms with van der Waals surface area (Å²) in [5.41, 5.74) is 24.7. The van der Waals surface area contributed by atoms with Gasteiger partial charge in [0.15, 0.2) is 0 Å². The fourth-order valence-corrected chi connectivity index (χ4v) is 11.9. The van der Waals surface area contributed by atoms with Crippen molar-refractivity contribution in [3.63, 3.8) is 0 Å². The Morgan fingerprint density at radius 2 is 0.575 bits per heavy atom. The highest BCUT2D eigenvalue weighted by molar-refractivity contribution is 6.14. The van der Waals surface area contributed by atoms with Gasteiger partial charge in [0.05, 0.1) is 0 Å². The molecule has 0 amide bonds. The van der Waals surface area contributed by atoms with E-state index >= 15 is 0 Å². The number of unbranched alkanes of at least 4 members (excludes halogenated alkanes) is 2. The van der Waals surface area contributed by atoms with E-state index in [-0.39, 0.29) is 0 Å². The highest BCUT2D eigenvalue weighted by Crippen LogP contribution is 2.47. The molecular weight excluding hydrogens is 965 g/mol. The van der Waals surface area contributed by atoms with Crippen LogP contribution in [0.5, 0.6) is 0 Å². The Hall–Kier alpha value is -9.24. The van der Waals surface area contributed by atoms with Gasteiger partial charge in [-0.05, 0) is 224 Å². The third-order valence-electron chi connectivity index (χ3n) is 16.0. The minimum Gasteiger partial charge on any atom is -0.310 e. The molecule has 0 radical (unpaired) electrons. The largest absolute Gasteiger partial charge is 0.310 e. The molecule has 12 aromatic rings. The quantitative estimate of drug-likeness (QED) is 0.0897. The van der Waals surface area contributed by atoms with Crippen molar-refractivity contribution in [1.29, 1.82) is 0 Å². The van der Waals surface area contributed by atoms with Crippen LogP contribution in [0.4, 0.5) is 34.1 Å². The molecule has 12 rings (SSSR count). The first-order chi connectivity index (χ1) is 39.4. The molecule has 0 fully saturated rings. The zero-order valence-corrected chi connectivity index (χ0v) is 46.5. The zero-order chi connectivity index (χ0) is 54.4. The van der Waals surface area contributed by atoms with Crippen LogP contribution in [0.25, 0.3) is 77.2 Å². The molecule has 80 heavy (non-hydrogen) atoms. The Kier molecular flexibility index (Phi) is 15.1. The molecule has 0 aliphatic rings. The first-order valence-corrected chi connectivity index (χ1v) is 28.8. The third kappa shape index (κ3) is 10.6. The van der Waals surface area contributed by atoms with Crippen LogP contribution in [-0.2, 0) is 12.8 Å². The molecule has 0 N–H and O–H groups in total. The van der Waals surface area contributed by atoms with Crippen molar-refractivity contribution in [2.45, 2.75) is 66.2 Å². The lowest BCUT2D eigenvalue weighted by Gasteiger charge is -2.27. The fourth-order valence-electron chi connectivity index (χ4n) is 11.9. The van der Waals surface area contributed by atoms with Gasteiger partial charge in [-0.3, -0.25) is 0 Å². The van der Waals surface area contributed by atoms with E-state index in [0.717, 1.165) is 72.6 Å².